The molecule has 3 aromatic carbocycles. The Bertz CT molecular complexity index is 764. The molecule has 0 amide bonds. The van der Waals surface area contributed by atoms with Crippen molar-refractivity contribution in [3.8, 4) is 0 Å². The van der Waals surface area contributed by atoms with Crippen LogP contribution in [0, 0.1) is 0 Å². The Labute approximate surface area is 176 Å². The van der Waals surface area contributed by atoms with Crippen molar-refractivity contribution in [1.29, 1.82) is 0 Å². The molecule has 0 aliphatic heterocycles. The molecule has 3 aromatic rings. The van der Waals surface area contributed by atoms with E-state index in [2.05, 4.69) is 124 Å². The van der Waals surface area contributed by atoms with Crippen molar-refractivity contribution < 1.29 is 0 Å². The van der Waals surface area contributed by atoms with Crippen molar-refractivity contribution in [2.75, 3.05) is 0 Å². The second-order valence-electron chi connectivity index (χ2n) is 5.64. The summed E-state index contributed by atoms with van der Waals surface area (Å²) in [6.07, 6.45) is 1.82. The van der Waals surface area contributed by atoms with E-state index in [-0.39, 0.29) is 0 Å². The standard InChI is InChI=1S/C20H14Br4/c21-17-5-1-13(2-6-17)9-15-11-20(24)16(12-19(15)23)10-14-3-7-18(22)8-4-14/h1-8,11-12H,9-10H2. The van der Waals surface area contributed by atoms with E-state index in [1.807, 2.05) is 0 Å². The minimum absolute atomic E-state index is 0.908. The molecule has 0 bridgehead atoms. The second-order valence-corrected chi connectivity index (χ2v) is 9.18. The summed E-state index contributed by atoms with van der Waals surface area (Å²) in [5.41, 5.74) is 5.16. The van der Waals surface area contributed by atoms with Crippen LogP contribution in [0.15, 0.2) is 78.6 Å². The van der Waals surface area contributed by atoms with Gasteiger partial charge in [0.1, 0.15) is 0 Å². The van der Waals surface area contributed by atoms with Crippen LogP contribution in [-0.4, -0.2) is 0 Å². The van der Waals surface area contributed by atoms with Crippen molar-refractivity contribution in [3.05, 3.63) is 101 Å². The Morgan fingerprint density at radius 3 is 1.17 bits per heavy atom. The fourth-order valence-corrected chi connectivity index (χ4v) is 4.14. The molecule has 0 heterocycles. The molecule has 0 fully saturated rings. The molecule has 0 aromatic heterocycles. The van der Waals surface area contributed by atoms with Crippen LogP contribution in [0.3, 0.4) is 0 Å². The van der Waals surface area contributed by atoms with Crippen LogP contribution in [0.1, 0.15) is 22.3 Å². The zero-order valence-corrected chi connectivity index (χ0v) is 19.0. The predicted octanol–water partition coefficient (Wildman–Crippen LogP) is 7.92. The van der Waals surface area contributed by atoms with Crippen molar-refractivity contribution in [1.82, 2.24) is 0 Å². The summed E-state index contributed by atoms with van der Waals surface area (Å²) in [6, 6.07) is 21.4. The molecule has 0 spiro atoms. The zero-order chi connectivity index (χ0) is 17.1. The molecule has 0 nitrogen and oxygen atoms in total. The molecule has 3 rings (SSSR count). The highest BCUT2D eigenvalue weighted by Gasteiger charge is 2.09. The zero-order valence-electron chi connectivity index (χ0n) is 12.7. The van der Waals surface area contributed by atoms with Crippen LogP contribution >= 0.6 is 63.7 Å². The van der Waals surface area contributed by atoms with Crippen molar-refractivity contribution >= 4 is 63.7 Å². The van der Waals surface area contributed by atoms with Crippen LogP contribution in [0.4, 0.5) is 0 Å². The lowest BCUT2D eigenvalue weighted by Crippen LogP contribution is -1.95. The van der Waals surface area contributed by atoms with Crippen molar-refractivity contribution in [3.63, 3.8) is 0 Å². The van der Waals surface area contributed by atoms with Gasteiger partial charge in [0.2, 0.25) is 0 Å². The number of hydrogen-bond acceptors (Lipinski definition) is 0. The lowest BCUT2D eigenvalue weighted by molar-refractivity contribution is 1.12. The van der Waals surface area contributed by atoms with E-state index in [4.69, 9.17) is 0 Å². The molecule has 0 atom stereocenters. The van der Waals surface area contributed by atoms with Gasteiger partial charge in [0, 0.05) is 17.9 Å². The Morgan fingerprint density at radius 1 is 0.500 bits per heavy atom. The van der Waals surface area contributed by atoms with Crippen LogP contribution < -0.4 is 0 Å². The molecule has 0 aliphatic carbocycles. The minimum Gasteiger partial charge on any atom is -0.0576 e. The first kappa shape index (κ1) is 18.4. The first-order chi connectivity index (χ1) is 11.5. The van der Waals surface area contributed by atoms with Crippen LogP contribution in [-0.2, 0) is 12.8 Å². The summed E-state index contributed by atoms with van der Waals surface area (Å²) in [7, 11) is 0. The van der Waals surface area contributed by atoms with E-state index in [1.165, 1.54) is 22.3 Å². The second kappa shape index (κ2) is 8.31. The fourth-order valence-electron chi connectivity index (χ4n) is 2.54. The van der Waals surface area contributed by atoms with Gasteiger partial charge in [0.05, 0.1) is 0 Å². The molecular weight excluding hydrogens is 560 g/mol. The Morgan fingerprint density at radius 2 is 0.833 bits per heavy atom. The lowest BCUT2D eigenvalue weighted by atomic mass is 10.0. The molecule has 0 saturated heterocycles. The molecule has 0 unspecified atom stereocenters. The molecule has 24 heavy (non-hydrogen) atoms. The Hall–Kier alpha value is -0.420. The fraction of sp³-hybridized carbons (Fsp3) is 0.100. The van der Waals surface area contributed by atoms with E-state index < -0.39 is 0 Å². The van der Waals surface area contributed by atoms with Gasteiger partial charge in [0.15, 0.2) is 0 Å². The number of hydrogen-bond donors (Lipinski definition) is 0. The molecule has 0 aliphatic rings. The Kier molecular flexibility index (Phi) is 6.36. The normalized spacial score (nSPS) is 10.8. The van der Waals surface area contributed by atoms with Gasteiger partial charge < -0.3 is 0 Å². The number of benzene rings is 3. The highest BCUT2D eigenvalue weighted by atomic mass is 79.9. The first-order valence-electron chi connectivity index (χ1n) is 7.47. The molecule has 0 N–H and O–H groups in total. The third-order valence-electron chi connectivity index (χ3n) is 3.83. The molecule has 0 radical (unpaired) electrons. The summed E-state index contributed by atoms with van der Waals surface area (Å²) in [6.45, 7) is 0. The highest BCUT2D eigenvalue weighted by molar-refractivity contribution is 9.11. The van der Waals surface area contributed by atoms with Gasteiger partial charge in [-0.2, -0.15) is 0 Å². The average Bonchev–Trinajstić information content (AvgIpc) is 2.56. The minimum atomic E-state index is 0.908. The van der Waals surface area contributed by atoms with E-state index in [9.17, 15) is 0 Å². The number of rotatable bonds is 4. The number of halogens is 4. The van der Waals surface area contributed by atoms with Gasteiger partial charge >= 0.3 is 0 Å². The molecule has 122 valence electrons. The smallest absolute Gasteiger partial charge is 0.0214 e. The molecular formula is C20H14Br4. The topological polar surface area (TPSA) is 0 Å². The average molecular weight is 574 g/mol. The van der Waals surface area contributed by atoms with Crippen molar-refractivity contribution in [2.24, 2.45) is 0 Å². The summed E-state index contributed by atoms with van der Waals surface area (Å²) in [4.78, 5) is 0. The van der Waals surface area contributed by atoms with Gasteiger partial charge in [-0.15, -0.1) is 0 Å². The van der Waals surface area contributed by atoms with Gasteiger partial charge in [-0.05, 0) is 71.5 Å². The molecule has 4 heteroatoms. The van der Waals surface area contributed by atoms with Gasteiger partial charge in [-0.3, -0.25) is 0 Å². The first-order valence-corrected chi connectivity index (χ1v) is 10.6. The monoisotopic (exact) mass is 570 g/mol. The summed E-state index contributed by atoms with van der Waals surface area (Å²) < 4.78 is 4.52. The third kappa shape index (κ3) is 4.81. The summed E-state index contributed by atoms with van der Waals surface area (Å²) >= 11 is 14.4. The highest BCUT2D eigenvalue weighted by Crippen LogP contribution is 2.30. The Balaban J connectivity index is 1.82. The van der Waals surface area contributed by atoms with Crippen molar-refractivity contribution in [2.45, 2.75) is 12.8 Å². The maximum absolute atomic E-state index is 3.74. The summed E-state index contributed by atoms with van der Waals surface area (Å²) in [5, 5.41) is 0. The molecule has 0 saturated carbocycles. The predicted molar refractivity (Wildman–Crippen MR) is 116 cm³/mol. The summed E-state index contributed by atoms with van der Waals surface area (Å²) in [5.74, 6) is 0. The largest absolute Gasteiger partial charge is 0.0576 e. The van der Waals surface area contributed by atoms with E-state index in [0.717, 1.165) is 30.7 Å². The SMILES string of the molecule is Brc1ccc(Cc2cc(Br)c(Cc3ccc(Br)cc3)cc2Br)cc1. The van der Waals surface area contributed by atoms with Gasteiger partial charge in [-0.1, -0.05) is 88.0 Å². The van der Waals surface area contributed by atoms with Gasteiger partial charge in [-0.25, -0.2) is 0 Å². The van der Waals surface area contributed by atoms with Crippen LogP contribution in [0.25, 0.3) is 0 Å². The third-order valence-corrected chi connectivity index (χ3v) is 6.36. The van der Waals surface area contributed by atoms with E-state index in [0.29, 0.717) is 0 Å². The maximum Gasteiger partial charge on any atom is 0.0214 e. The van der Waals surface area contributed by atoms with E-state index in [1.54, 1.807) is 0 Å². The van der Waals surface area contributed by atoms with E-state index >= 15 is 0 Å². The lowest BCUT2D eigenvalue weighted by Gasteiger charge is -2.11. The maximum atomic E-state index is 3.74. The quantitative estimate of drug-likeness (QED) is 0.297. The van der Waals surface area contributed by atoms with Gasteiger partial charge in [0.25, 0.3) is 0 Å². The van der Waals surface area contributed by atoms with Crippen LogP contribution in [0.5, 0.6) is 0 Å². The van der Waals surface area contributed by atoms with Crippen LogP contribution in [0.2, 0.25) is 0 Å².